The standard InChI is InChI=1S/C17H29NO/c1-6-13(5)18-16(7-2)17(19)15-10-8-14(9-11-15)12(3)4/h8-13,16-19H,6-7H2,1-5H3. The van der Waals surface area contributed by atoms with E-state index in [1.807, 2.05) is 0 Å². The van der Waals surface area contributed by atoms with Gasteiger partial charge in [-0.3, -0.25) is 0 Å². The minimum atomic E-state index is -0.430. The summed E-state index contributed by atoms with van der Waals surface area (Å²) in [5, 5.41) is 14.0. The number of aliphatic hydroxyl groups is 1. The summed E-state index contributed by atoms with van der Waals surface area (Å²) in [5.41, 5.74) is 2.32. The maximum Gasteiger partial charge on any atom is 0.0942 e. The van der Waals surface area contributed by atoms with Crippen LogP contribution in [0.4, 0.5) is 0 Å². The summed E-state index contributed by atoms with van der Waals surface area (Å²) >= 11 is 0. The van der Waals surface area contributed by atoms with Crippen molar-refractivity contribution < 1.29 is 5.11 Å². The van der Waals surface area contributed by atoms with Crippen molar-refractivity contribution in [2.24, 2.45) is 0 Å². The fraction of sp³-hybridized carbons (Fsp3) is 0.647. The van der Waals surface area contributed by atoms with Crippen LogP contribution in [0.3, 0.4) is 0 Å². The van der Waals surface area contributed by atoms with Crippen molar-refractivity contribution in [3.63, 3.8) is 0 Å². The highest BCUT2D eigenvalue weighted by molar-refractivity contribution is 5.26. The highest BCUT2D eigenvalue weighted by Crippen LogP contribution is 2.22. The number of aliphatic hydroxyl groups excluding tert-OH is 1. The van der Waals surface area contributed by atoms with Crippen LogP contribution in [-0.4, -0.2) is 17.2 Å². The average molecular weight is 263 g/mol. The first kappa shape index (κ1) is 16.2. The van der Waals surface area contributed by atoms with Gasteiger partial charge < -0.3 is 10.4 Å². The van der Waals surface area contributed by atoms with Gasteiger partial charge in [-0.1, -0.05) is 52.0 Å². The van der Waals surface area contributed by atoms with Gasteiger partial charge in [0.05, 0.1) is 6.10 Å². The van der Waals surface area contributed by atoms with Crippen molar-refractivity contribution in [1.29, 1.82) is 0 Å². The van der Waals surface area contributed by atoms with Gasteiger partial charge in [0.25, 0.3) is 0 Å². The molecule has 0 aliphatic heterocycles. The van der Waals surface area contributed by atoms with Crippen LogP contribution >= 0.6 is 0 Å². The molecule has 2 N–H and O–H groups in total. The zero-order chi connectivity index (χ0) is 14.4. The SMILES string of the molecule is CCC(C)NC(CC)C(O)c1ccc(C(C)C)cc1. The van der Waals surface area contributed by atoms with Gasteiger partial charge >= 0.3 is 0 Å². The third-order valence-corrected chi connectivity index (χ3v) is 3.88. The second-order valence-corrected chi connectivity index (χ2v) is 5.76. The van der Waals surface area contributed by atoms with Gasteiger partial charge in [0.2, 0.25) is 0 Å². The first-order chi connectivity index (χ1) is 8.99. The molecule has 1 aromatic carbocycles. The van der Waals surface area contributed by atoms with Gasteiger partial charge in [0.15, 0.2) is 0 Å². The lowest BCUT2D eigenvalue weighted by molar-refractivity contribution is 0.120. The summed E-state index contributed by atoms with van der Waals surface area (Å²) in [4.78, 5) is 0. The third-order valence-electron chi connectivity index (χ3n) is 3.88. The zero-order valence-corrected chi connectivity index (χ0v) is 13.0. The molecule has 0 saturated carbocycles. The lowest BCUT2D eigenvalue weighted by Crippen LogP contribution is -2.40. The number of hydrogen-bond donors (Lipinski definition) is 2. The molecule has 0 radical (unpaired) electrons. The minimum Gasteiger partial charge on any atom is -0.387 e. The summed E-state index contributed by atoms with van der Waals surface area (Å²) in [6.45, 7) is 10.8. The van der Waals surface area contributed by atoms with Crippen molar-refractivity contribution in [2.75, 3.05) is 0 Å². The molecule has 0 fully saturated rings. The number of benzene rings is 1. The molecule has 3 unspecified atom stereocenters. The molecule has 0 spiro atoms. The molecule has 1 aromatic rings. The Hall–Kier alpha value is -0.860. The quantitative estimate of drug-likeness (QED) is 0.779. The maximum atomic E-state index is 10.5. The summed E-state index contributed by atoms with van der Waals surface area (Å²) in [7, 11) is 0. The van der Waals surface area contributed by atoms with E-state index in [0.717, 1.165) is 18.4 Å². The van der Waals surface area contributed by atoms with Crippen molar-refractivity contribution in [1.82, 2.24) is 5.32 Å². The highest BCUT2D eigenvalue weighted by atomic mass is 16.3. The highest BCUT2D eigenvalue weighted by Gasteiger charge is 2.20. The Kier molecular flexibility index (Phi) is 6.53. The van der Waals surface area contributed by atoms with E-state index in [2.05, 4.69) is 64.2 Å². The van der Waals surface area contributed by atoms with Gasteiger partial charge in [-0.2, -0.15) is 0 Å². The topological polar surface area (TPSA) is 32.3 Å². The summed E-state index contributed by atoms with van der Waals surface area (Å²) in [6.07, 6.45) is 1.58. The van der Waals surface area contributed by atoms with E-state index < -0.39 is 6.10 Å². The van der Waals surface area contributed by atoms with Crippen LogP contribution in [0.25, 0.3) is 0 Å². The van der Waals surface area contributed by atoms with Crippen LogP contribution in [0.1, 0.15) is 70.6 Å². The number of nitrogens with one attached hydrogen (secondary N) is 1. The minimum absolute atomic E-state index is 0.125. The van der Waals surface area contributed by atoms with E-state index in [4.69, 9.17) is 0 Å². The fourth-order valence-corrected chi connectivity index (χ4v) is 2.23. The lowest BCUT2D eigenvalue weighted by Gasteiger charge is -2.26. The number of hydrogen-bond acceptors (Lipinski definition) is 2. The molecule has 0 amide bonds. The van der Waals surface area contributed by atoms with Crippen LogP contribution in [-0.2, 0) is 0 Å². The van der Waals surface area contributed by atoms with E-state index in [9.17, 15) is 5.11 Å². The Morgan fingerprint density at radius 2 is 1.47 bits per heavy atom. The van der Waals surface area contributed by atoms with Crippen LogP contribution in [0.5, 0.6) is 0 Å². The van der Waals surface area contributed by atoms with Gasteiger partial charge in [-0.15, -0.1) is 0 Å². The summed E-state index contributed by atoms with van der Waals surface area (Å²) in [6, 6.07) is 8.93. The van der Waals surface area contributed by atoms with E-state index >= 15 is 0 Å². The predicted octanol–water partition coefficient (Wildman–Crippen LogP) is 4.01. The van der Waals surface area contributed by atoms with Gasteiger partial charge in [-0.25, -0.2) is 0 Å². The van der Waals surface area contributed by atoms with Crippen LogP contribution < -0.4 is 5.32 Å². The molecule has 0 saturated heterocycles. The third kappa shape index (κ3) is 4.63. The van der Waals surface area contributed by atoms with Gasteiger partial charge in [0, 0.05) is 12.1 Å². The van der Waals surface area contributed by atoms with Crippen LogP contribution in [0.2, 0.25) is 0 Å². The monoisotopic (exact) mass is 263 g/mol. The zero-order valence-electron chi connectivity index (χ0n) is 13.0. The molecule has 0 aliphatic carbocycles. The number of rotatable bonds is 7. The van der Waals surface area contributed by atoms with E-state index in [1.165, 1.54) is 5.56 Å². The molecule has 2 nitrogen and oxygen atoms in total. The van der Waals surface area contributed by atoms with E-state index in [1.54, 1.807) is 0 Å². The Balaban J connectivity index is 2.76. The Labute approximate surface area is 118 Å². The van der Waals surface area contributed by atoms with Crippen molar-refractivity contribution in [2.45, 2.75) is 71.6 Å². The molecule has 3 atom stereocenters. The molecule has 0 bridgehead atoms. The summed E-state index contributed by atoms with van der Waals surface area (Å²) in [5.74, 6) is 0.534. The first-order valence-electron chi connectivity index (χ1n) is 7.53. The molecule has 0 aromatic heterocycles. The smallest absolute Gasteiger partial charge is 0.0942 e. The van der Waals surface area contributed by atoms with E-state index in [0.29, 0.717) is 12.0 Å². The van der Waals surface area contributed by atoms with E-state index in [-0.39, 0.29) is 6.04 Å². The lowest BCUT2D eigenvalue weighted by atomic mass is 9.96. The second-order valence-electron chi connectivity index (χ2n) is 5.76. The van der Waals surface area contributed by atoms with Crippen LogP contribution in [0, 0.1) is 0 Å². The van der Waals surface area contributed by atoms with Crippen LogP contribution in [0.15, 0.2) is 24.3 Å². The molecule has 19 heavy (non-hydrogen) atoms. The Morgan fingerprint density at radius 3 is 1.89 bits per heavy atom. The van der Waals surface area contributed by atoms with Gasteiger partial charge in [-0.05, 0) is 36.8 Å². The fourth-order valence-electron chi connectivity index (χ4n) is 2.23. The maximum absolute atomic E-state index is 10.5. The first-order valence-corrected chi connectivity index (χ1v) is 7.53. The van der Waals surface area contributed by atoms with Crippen molar-refractivity contribution >= 4 is 0 Å². The molecule has 2 heteroatoms. The second kappa shape index (κ2) is 7.66. The average Bonchev–Trinajstić information content (AvgIpc) is 2.43. The van der Waals surface area contributed by atoms with Gasteiger partial charge in [0.1, 0.15) is 0 Å². The summed E-state index contributed by atoms with van der Waals surface area (Å²) < 4.78 is 0. The van der Waals surface area contributed by atoms with Crippen molar-refractivity contribution in [3.05, 3.63) is 35.4 Å². The molecule has 0 aliphatic rings. The van der Waals surface area contributed by atoms with Crippen molar-refractivity contribution in [3.8, 4) is 0 Å². The predicted molar refractivity (Wildman–Crippen MR) is 82.5 cm³/mol. The normalized spacial score (nSPS) is 16.4. The molecule has 1 rings (SSSR count). The Morgan fingerprint density at radius 1 is 0.947 bits per heavy atom. The molecular formula is C17H29NO. The largest absolute Gasteiger partial charge is 0.387 e. The molecule has 0 heterocycles. The molecule has 108 valence electrons. The molecular weight excluding hydrogens is 234 g/mol. The Bertz CT molecular complexity index is 358.